The lowest BCUT2D eigenvalue weighted by molar-refractivity contribution is 0.965. The highest BCUT2D eigenvalue weighted by Crippen LogP contribution is 2.20. The zero-order valence-corrected chi connectivity index (χ0v) is 8.17. The Kier molecular flexibility index (Phi) is 1.58. The highest BCUT2D eigenvalue weighted by molar-refractivity contribution is 9.10. The van der Waals surface area contributed by atoms with Crippen LogP contribution in [-0.4, -0.2) is 9.55 Å². The SMILES string of the molecule is Cn1c(N)nc2ccc(Br)cc21. The fourth-order valence-corrected chi connectivity index (χ4v) is 1.53. The molecule has 2 rings (SSSR count). The van der Waals surface area contributed by atoms with Crippen molar-refractivity contribution in [3.05, 3.63) is 22.7 Å². The van der Waals surface area contributed by atoms with E-state index in [1.54, 1.807) is 0 Å². The molecule has 0 aliphatic heterocycles. The summed E-state index contributed by atoms with van der Waals surface area (Å²) >= 11 is 3.39. The maximum Gasteiger partial charge on any atom is 0.200 e. The number of imidazole rings is 1. The average molecular weight is 226 g/mol. The summed E-state index contributed by atoms with van der Waals surface area (Å²) in [6.45, 7) is 0. The summed E-state index contributed by atoms with van der Waals surface area (Å²) in [5.74, 6) is 0.545. The topological polar surface area (TPSA) is 43.8 Å². The van der Waals surface area contributed by atoms with E-state index in [1.807, 2.05) is 29.8 Å². The zero-order chi connectivity index (χ0) is 8.72. The van der Waals surface area contributed by atoms with Crippen molar-refractivity contribution in [2.75, 3.05) is 5.73 Å². The van der Waals surface area contributed by atoms with Crippen LogP contribution in [0.25, 0.3) is 11.0 Å². The van der Waals surface area contributed by atoms with Crippen molar-refractivity contribution < 1.29 is 0 Å². The van der Waals surface area contributed by atoms with Gasteiger partial charge in [0.2, 0.25) is 5.95 Å². The Morgan fingerprint density at radius 2 is 2.25 bits per heavy atom. The summed E-state index contributed by atoms with van der Waals surface area (Å²) in [4.78, 5) is 4.17. The molecular formula is C8H8BrN3. The van der Waals surface area contributed by atoms with Crippen LogP contribution in [-0.2, 0) is 7.05 Å². The van der Waals surface area contributed by atoms with E-state index in [4.69, 9.17) is 5.73 Å². The molecule has 0 radical (unpaired) electrons. The van der Waals surface area contributed by atoms with Crippen LogP contribution in [0.15, 0.2) is 22.7 Å². The predicted octanol–water partition coefficient (Wildman–Crippen LogP) is 1.92. The van der Waals surface area contributed by atoms with Gasteiger partial charge in [-0.3, -0.25) is 0 Å². The number of hydrogen-bond donors (Lipinski definition) is 1. The van der Waals surface area contributed by atoms with E-state index in [1.165, 1.54) is 0 Å². The van der Waals surface area contributed by atoms with Gasteiger partial charge in [0.25, 0.3) is 0 Å². The van der Waals surface area contributed by atoms with Gasteiger partial charge in [-0.1, -0.05) is 15.9 Å². The van der Waals surface area contributed by atoms with E-state index in [0.717, 1.165) is 15.5 Å². The van der Waals surface area contributed by atoms with Crippen molar-refractivity contribution in [3.63, 3.8) is 0 Å². The minimum atomic E-state index is 0.545. The molecule has 0 fully saturated rings. The molecular weight excluding hydrogens is 218 g/mol. The molecule has 0 amide bonds. The molecule has 0 aliphatic carbocycles. The number of nitrogens with zero attached hydrogens (tertiary/aromatic N) is 2. The lowest BCUT2D eigenvalue weighted by Gasteiger charge is -1.95. The molecule has 3 nitrogen and oxygen atoms in total. The standard InChI is InChI=1S/C8H8BrN3/c1-12-7-4-5(9)2-3-6(7)11-8(12)10/h2-4H,1H3,(H2,10,11). The van der Waals surface area contributed by atoms with E-state index in [9.17, 15) is 0 Å². The summed E-state index contributed by atoms with van der Waals surface area (Å²) < 4.78 is 2.90. The Labute approximate surface area is 78.3 Å². The molecule has 1 aromatic carbocycles. The van der Waals surface area contributed by atoms with Crippen molar-refractivity contribution >= 4 is 32.9 Å². The van der Waals surface area contributed by atoms with Gasteiger partial charge in [0.15, 0.2) is 0 Å². The maximum absolute atomic E-state index is 5.64. The van der Waals surface area contributed by atoms with Crippen LogP contribution in [0, 0.1) is 0 Å². The third kappa shape index (κ3) is 0.992. The largest absolute Gasteiger partial charge is 0.369 e. The van der Waals surface area contributed by atoms with E-state index >= 15 is 0 Å². The first-order chi connectivity index (χ1) is 5.68. The highest BCUT2D eigenvalue weighted by atomic mass is 79.9. The second-order valence-corrected chi connectivity index (χ2v) is 3.58. The summed E-state index contributed by atoms with van der Waals surface area (Å²) in [6, 6.07) is 5.89. The molecule has 0 bridgehead atoms. The van der Waals surface area contributed by atoms with Crippen LogP contribution in [0.4, 0.5) is 5.95 Å². The van der Waals surface area contributed by atoms with Crippen molar-refractivity contribution in [1.82, 2.24) is 9.55 Å². The molecule has 12 heavy (non-hydrogen) atoms. The molecule has 0 saturated heterocycles. The van der Waals surface area contributed by atoms with Crippen LogP contribution < -0.4 is 5.73 Å². The van der Waals surface area contributed by atoms with Gasteiger partial charge in [-0.25, -0.2) is 4.98 Å². The minimum absolute atomic E-state index is 0.545. The van der Waals surface area contributed by atoms with Crippen LogP contribution in [0.2, 0.25) is 0 Å². The lowest BCUT2D eigenvalue weighted by Crippen LogP contribution is -1.95. The molecule has 0 saturated carbocycles. The fourth-order valence-electron chi connectivity index (χ4n) is 1.18. The van der Waals surface area contributed by atoms with Gasteiger partial charge in [0.05, 0.1) is 11.0 Å². The monoisotopic (exact) mass is 225 g/mol. The summed E-state index contributed by atoms with van der Waals surface area (Å²) in [5, 5.41) is 0. The number of benzene rings is 1. The average Bonchev–Trinajstić information content (AvgIpc) is 2.31. The molecule has 0 spiro atoms. The van der Waals surface area contributed by atoms with Gasteiger partial charge >= 0.3 is 0 Å². The maximum atomic E-state index is 5.64. The molecule has 2 aromatic rings. The highest BCUT2D eigenvalue weighted by Gasteiger charge is 2.03. The number of aromatic nitrogens is 2. The summed E-state index contributed by atoms with van der Waals surface area (Å²) in [6.07, 6.45) is 0. The van der Waals surface area contributed by atoms with Gasteiger partial charge < -0.3 is 10.3 Å². The molecule has 0 atom stereocenters. The van der Waals surface area contributed by atoms with E-state index in [-0.39, 0.29) is 0 Å². The molecule has 1 heterocycles. The van der Waals surface area contributed by atoms with Crippen molar-refractivity contribution in [2.24, 2.45) is 7.05 Å². The minimum Gasteiger partial charge on any atom is -0.369 e. The van der Waals surface area contributed by atoms with Crippen molar-refractivity contribution in [1.29, 1.82) is 0 Å². The molecule has 0 unspecified atom stereocenters. The number of hydrogen-bond acceptors (Lipinski definition) is 2. The molecule has 1 aromatic heterocycles. The third-order valence-electron chi connectivity index (χ3n) is 1.88. The van der Waals surface area contributed by atoms with Crippen molar-refractivity contribution in [3.8, 4) is 0 Å². The summed E-state index contributed by atoms with van der Waals surface area (Å²) in [5.41, 5.74) is 7.61. The van der Waals surface area contributed by atoms with Crippen LogP contribution in [0.5, 0.6) is 0 Å². The Morgan fingerprint density at radius 1 is 1.50 bits per heavy atom. The van der Waals surface area contributed by atoms with E-state index < -0.39 is 0 Å². The number of rotatable bonds is 0. The van der Waals surface area contributed by atoms with Crippen LogP contribution in [0.3, 0.4) is 0 Å². The Morgan fingerprint density at radius 3 is 3.00 bits per heavy atom. The Hall–Kier alpha value is -1.03. The third-order valence-corrected chi connectivity index (χ3v) is 2.37. The second-order valence-electron chi connectivity index (χ2n) is 2.66. The number of halogens is 1. The van der Waals surface area contributed by atoms with E-state index in [2.05, 4.69) is 20.9 Å². The first-order valence-corrected chi connectivity index (χ1v) is 4.35. The first kappa shape index (κ1) is 7.61. The van der Waals surface area contributed by atoms with E-state index in [0.29, 0.717) is 5.95 Å². The molecule has 2 N–H and O–H groups in total. The smallest absolute Gasteiger partial charge is 0.200 e. The molecule has 62 valence electrons. The number of anilines is 1. The normalized spacial score (nSPS) is 10.8. The van der Waals surface area contributed by atoms with Gasteiger partial charge in [0, 0.05) is 11.5 Å². The Balaban J connectivity index is 2.88. The number of nitrogen functional groups attached to an aromatic ring is 1. The second kappa shape index (κ2) is 2.48. The van der Waals surface area contributed by atoms with Gasteiger partial charge in [-0.15, -0.1) is 0 Å². The van der Waals surface area contributed by atoms with Gasteiger partial charge in [-0.2, -0.15) is 0 Å². The molecule has 0 aliphatic rings. The van der Waals surface area contributed by atoms with Crippen molar-refractivity contribution in [2.45, 2.75) is 0 Å². The van der Waals surface area contributed by atoms with Crippen LogP contribution >= 0.6 is 15.9 Å². The predicted molar refractivity (Wildman–Crippen MR) is 52.8 cm³/mol. The fraction of sp³-hybridized carbons (Fsp3) is 0.125. The lowest BCUT2D eigenvalue weighted by atomic mass is 10.3. The number of nitrogens with two attached hydrogens (primary N) is 1. The quantitative estimate of drug-likeness (QED) is 0.745. The Bertz CT molecular complexity index is 433. The zero-order valence-electron chi connectivity index (χ0n) is 6.58. The molecule has 4 heteroatoms. The summed E-state index contributed by atoms with van der Waals surface area (Å²) in [7, 11) is 1.90. The first-order valence-electron chi connectivity index (χ1n) is 3.56. The van der Waals surface area contributed by atoms with Crippen LogP contribution in [0.1, 0.15) is 0 Å². The number of fused-ring (bicyclic) bond motifs is 1. The van der Waals surface area contributed by atoms with Gasteiger partial charge in [-0.05, 0) is 18.2 Å². The number of aryl methyl sites for hydroxylation is 1. The van der Waals surface area contributed by atoms with Gasteiger partial charge in [0.1, 0.15) is 0 Å².